The average Bonchev–Trinajstić information content (AvgIpc) is 2.69. The molecule has 0 atom stereocenters. The Hall–Kier alpha value is -1.85. The Balaban J connectivity index is 2.41. The van der Waals surface area contributed by atoms with Gasteiger partial charge in [0, 0.05) is 39.2 Å². The Morgan fingerprint density at radius 2 is 1.95 bits per heavy atom. The summed E-state index contributed by atoms with van der Waals surface area (Å²) in [6, 6.07) is 0. The first kappa shape index (κ1) is 17.2. The maximum atomic E-state index is 12.1. The molecular weight excluding hydrogens is 270 g/mol. The van der Waals surface area contributed by atoms with E-state index in [-0.39, 0.29) is 11.9 Å². The van der Waals surface area contributed by atoms with Crippen LogP contribution in [0.25, 0.3) is 0 Å². The summed E-state index contributed by atoms with van der Waals surface area (Å²) in [6.45, 7) is 4.55. The molecule has 1 rings (SSSR count). The number of aromatic nitrogens is 2. The van der Waals surface area contributed by atoms with E-state index in [9.17, 15) is 9.59 Å². The van der Waals surface area contributed by atoms with Crippen molar-refractivity contribution in [1.82, 2.24) is 14.7 Å². The van der Waals surface area contributed by atoms with Crippen LogP contribution in [-0.2, 0) is 27.8 Å². The fourth-order valence-corrected chi connectivity index (χ4v) is 2.29. The summed E-state index contributed by atoms with van der Waals surface area (Å²) in [6.07, 6.45) is 2.13. The van der Waals surface area contributed by atoms with E-state index in [2.05, 4.69) is 9.84 Å². The third kappa shape index (κ3) is 4.88. The highest BCUT2D eigenvalue weighted by atomic mass is 16.5. The number of esters is 1. The molecule has 6 nitrogen and oxygen atoms in total. The lowest BCUT2D eigenvalue weighted by atomic mass is 10.1. The maximum Gasteiger partial charge on any atom is 0.305 e. The van der Waals surface area contributed by atoms with Gasteiger partial charge in [-0.3, -0.25) is 14.3 Å². The summed E-state index contributed by atoms with van der Waals surface area (Å²) in [4.78, 5) is 24.8. The molecule has 0 N–H and O–H groups in total. The smallest absolute Gasteiger partial charge is 0.305 e. The summed E-state index contributed by atoms with van der Waals surface area (Å²) in [5.41, 5.74) is 3.23. The van der Waals surface area contributed by atoms with E-state index in [0.29, 0.717) is 32.2 Å². The molecule has 0 bridgehead atoms. The Labute approximate surface area is 126 Å². The molecule has 0 saturated heterocycles. The molecule has 1 amide bonds. The molecule has 6 heteroatoms. The van der Waals surface area contributed by atoms with E-state index in [4.69, 9.17) is 0 Å². The first-order chi connectivity index (χ1) is 9.86. The van der Waals surface area contributed by atoms with Gasteiger partial charge in [0.15, 0.2) is 0 Å². The minimum Gasteiger partial charge on any atom is -0.469 e. The predicted molar refractivity (Wildman–Crippen MR) is 79.9 cm³/mol. The molecular formula is C15H25N3O3. The van der Waals surface area contributed by atoms with Crippen LogP contribution in [0.4, 0.5) is 0 Å². The van der Waals surface area contributed by atoms with Crippen LogP contribution in [0.2, 0.25) is 0 Å². The summed E-state index contributed by atoms with van der Waals surface area (Å²) in [7, 11) is 5.05. The first-order valence-electron chi connectivity index (χ1n) is 7.16. The molecule has 1 aromatic heterocycles. The molecule has 1 heterocycles. The normalized spacial score (nSPS) is 10.5. The predicted octanol–water partition coefficient (Wildman–Crippen LogP) is 1.38. The lowest BCUT2D eigenvalue weighted by Gasteiger charge is -2.16. The highest BCUT2D eigenvalue weighted by Gasteiger charge is 2.14. The second-order valence-corrected chi connectivity index (χ2v) is 5.27. The second kappa shape index (κ2) is 7.81. The van der Waals surface area contributed by atoms with Gasteiger partial charge in [0.2, 0.25) is 5.91 Å². The highest BCUT2D eigenvalue weighted by Crippen LogP contribution is 2.14. The Kier molecular flexibility index (Phi) is 6.39. The number of carbonyl (C=O) groups is 2. The number of hydrogen-bond acceptors (Lipinski definition) is 4. The largest absolute Gasteiger partial charge is 0.469 e. The van der Waals surface area contributed by atoms with Gasteiger partial charge in [0.25, 0.3) is 0 Å². The van der Waals surface area contributed by atoms with Gasteiger partial charge in [-0.1, -0.05) is 0 Å². The van der Waals surface area contributed by atoms with E-state index in [1.807, 2.05) is 25.6 Å². The van der Waals surface area contributed by atoms with Crippen molar-refractivity contribution in [2.45, 2.75) is 39.5 Å². The van der Waals surface area contributed by atoms with Gasteiger partial charge in [-0.05, 0) is 32.3 Å². The maximum absolute atomic E-state index is 12.1. The summed E-state index contributed by atoms with van der Waals surface area (Å²) < 4.78 is 6.42. The second-order valence-electron chi connectivity index (χ2n) is 5.27. The summed E-state index contributed by atoms with van der Waals surface area (Å²) in [5.74, 6) is -0.153. The number of amides is 1. The topological polar surface area (TPSA) is 64.4 Å². The van der Waals surface area contributed by atoms with Crippen molar-refractivity contribution in [3.63, 3.8) is 0 Å². The number of nitrogens with zero attached hydrogens (tertiary/aromatic N) is 3. The fraction of sp³-hybridized carbons (Fsp3) is 0.667. The molecule has 21 heavy (non-hydrogen) atoms. The highest BCUT2D eigenvalue weighted by molar-refractivity contribution is 5.76. The van der Waals surface area contributed by atoms with E-state index in [1.165, 1.54) is 7.11 Å². The van der Waals surface area contributed by atoms with E-state index in [0.717, 1.165) is 17.0 Å². The Bertz CT molecular complexity index is 509. The molecule has 0 radical (unpaired) electrons. The number of methoxy groups -OCH3 is 1. The Morgan fingerprint density at radius 1 is 1.29 bits per heavy atom. The van der Waals surface area contributed by atoms with Crippen LogP contribution in [0.5, 0.6) is 0 Å². The number of rotatable bonds is 7. The van der Waals surface area contributed by atoms with Crippen LogP contribution < -0.4 is 0 Å². The summed E-state index contributed by atoms with van der Waals surface area (Å²) in [5, 5.41) is 4.35. The van der Waals surface area contributed by atoms with Crippen molar-refractivity contribution in [2.75, 3.05) is 20.7 Å². The van der Waals surface area contributed by atoms with Gasteiger partial charge in [-0.2, -0.15) is 5.10 Å². The van der Waals surface area contributed by atoms with Crippen molar-refractivity contribution in [2.24, 2.45) is 7.05 Å². The molecule has 0 saturated carbocycles. The van der Waals surface area contributed by atoms with Crippen molar-refractivity contribution in [3.8, 4) is 0 Å². The van der Waals surface area contributed by atoms with Gasteiger partial charge >= 0.3 is 5.97 Å². The van der Waals surface area contributed by atoms with Crippen molar-refractivity contribution < 1.29 is 14.3 Å². The summed E-state index contributed by atoms with van der Waals surface area (Å²) >= 11 is 0. The van der Waals surface area contributed by atoms with Crippen molar-refractivity contribution in [3.05, 3.63) is 17.0 Å². The number of ether oxygens (including phenoxy) is 1. The zero-order valence-electron chi connectivity index (χ0n) is 13.6. The van der Waals surface area contributed by atoms with E-state index >= 15 is 0 Å². The molecule has 118 valence electrons. The standard InChI is InChI=1S/C15H25N3O3/c1-11-13(12(2)18(4)16-11)8-9-14(19)17(3)10-6-7-15(20)21-5/h6-10H2,1-5H3. The molecule has 0 aliphatic heterocycles. The molecule has 0 fully saturated rings. The van der Waals surface area contributed by atoms with E-state index < -0.39 is 0 Å². The molecule has 0 spiro atoms. The zero-order valence-corrected chi connectivity index (χ0v) is 13.6. The SMILES string of the molecule is COC(=O)CCCN(C)C(=O)CCc1c(C)nn(C)c1C. The minimum atomic E-state index is -0.238. The van der Waals surface area contributed by atoms with Crippen LogP contribution in [0, 0.1) is 13.8 Å². The van der Waals surface area contributed by atoms with Gasteiger partial charge in [-0.25, -0.2) is 0 Å². The molecule has 0 unspecified atom stereocenters. The number of carbonyl (C=O) groups excluding carboxylic acids is 2. The van der Waals surface area contributed by atoms with Gasteiger partial charge in [0.1, 0.15) is 0 Å². The third-order valence-corrected chi connectivity index (χ3v) is 3.78. The first-order valence-corrected chi connectivity index (χ1v) is 7.16. The molecule has 1 aromatic rings. The lowest BCUT2D eigenvalue weighted by molar-refractivity contribution is -0.141. The van der Waals surface area contributed by atoms with Crippen LogP contribution in [0.15, 0.2) is 0 Å². The zero-order chi connectivity index (χ0) is 16.0. The molecule has 0 aromatic carbocycles. The quantitative estimate of drug-likeness (QED) is 0.713. The van der Waals surface area contributed by atoms with Crippen LogP contribution in [0.3, 0.4) is 0 Å². The Morgan fingerprint density at radius 3 is 2.48 bits per heavy atom. The average molecular weight is 295 g/mol. The number of hydrogen-bond donors (Lipinski definition) is 0. The van der Waals surface area contributed by atoms with Crippen molar-refractivity contribution >= 4 is 11.9 Å². The van der Waals surface area contributed by atoms with Crippen molar-refractivity contribution in [1.29, 1.82) is 0 Å². The van der Waals surface area contributed by atoms with Gasteiger partial charge < -0.3 is 9.64 Å². The van der Waals surface area contributed by atoms with Crippen LogP contribution >= 0.6 is 0 Å². The third-order valence-electron chi connectivity index (χ3n) is 3.78. The minimum absolute atomic E-state index is 0.0857. The fourth-order valence-electron chi connectivity index (χ4n) is 2.29. The molecule has 0 aliphatic carbocycles. The van der Waals surface area contributed by atoms with Crippen LogP contribution in [-0.4, -0.2) is 47.3 Å². The molecule has 0 aliphatic rings. The van der Waals surface area contributed by atoms with Gasteiger partial charge in [0.05, 0.1) is 12.8 Å². The van der Waals surface area contributed by atoms with Crippen LogP contribution in [0.1, 0.15) is 36.2 Å². The van der Waals surface area contributed by atoms with E-state index in [1.54, 1.807) is 11.9 Å². The van der Waals surface area contributed by atoms with Gasteiger partial charge in [-0.15, -0.1) is 0 Å². The lowest BCUT2D eigenvalue weighted by Crippen LogP contribution is -2.28. The number of aryl methyl sites for hydroxylation is 2. The monoisotopic (exact) mass is 295 g/mol.